The molecule has 0 aliphatic carbocycles. The molecule has 0 spiro atoms. The van der Waals surface area contributed by atoms with Crippen molar-refractivity contribution in [2.75, 3.05) is 19.0 Å². The fourth-order valence-corrected chi connectivity index (χ4v) is 2.04. The minimum atomic E-state index is -0.787. The Balaban J connectivity index is 1.90. The van der Waals surface area contributed by atoms with Crippen molar-refractivity contribution < 1.29 is 28.4 Å². The Kier molecular flexibility index (Phi) is 6.59. The number of methoxy groups -OCH3 is 1. The second-order valence-corrected chi connectivity index (χ2v) is 5.19. The number of nitro groups is 1. The molecule has 27 heavy (non-hydrogen) atoms. The summed E-state index contributed by atoms with van der Waals surface area (Å²) in [5, 5.41) is 13.2. The standard InChI is InChI=1S/C18H15FN2O6/c1-26-16-10-14(21(24)25)6-7-15(16)20-17(22)11-27-18(23)8-5-12-3-2-4-13(19)9-12/h2-10H,11H2,1H3,(H,20,22)/b8-5+. The lowest BCUT2D eigenvalue weighted by atomic mass is 10.2. The first-order valence-electron chi connectivity index (χ1n) is 7.61. The van der Waals surface area contributed by atoms with E-state index in [1.165, 1.54) is 43.5 Å². The number of esters is 1. The molecule has 0 radical (unpaired) electrons. The molecule has 2 aromatic carbocycles. The third-order valence-corrected chi connectivity index (χ3v) is 3.28. The van der Waals surface area contributed by atoms with Crippen LogP contribution in [0.2, 0.25) is 0 Å². The number of ether oxygens (including phenoxy) is 2. The summed E-state index contributed by atoms with van der Waals surface area (Å²) in [6, 6.07) is 9.26. The third-order valence-electron chi connectivity index (χ3n) is 3.28. The Labute approximate surface area is 153 Å². The number of carbonyl (C=O) groups excluding carboxylic acids is 2. The first kappa shape index (κ1) is 19.6. The zero-order chi connectivity index (χ0) is 19.8. The zero-order valence-corrected chi connectivity index (χ0v) is 14.2. The average Bonchev–Trinajstić information content (AvgIpc) is 2.65. The van der Waals surface area contributed by atoms with Gasteiger partial charge in [-0.2, -0.15) is 0 Å². The molecule has 0 saturated heterocycles. The summed E-state index contributed by atoms with van der Waals surface area (Å²) in [4.78, 5) is 33.6. The van der Waals surface area contributed by atoms with Gasteiger partial charge in [0.05, 0.1) is 23.8 Å². The normalized spacial score (nSPS) is 10.4. The van der Waals surface area contributed by atoms with Gasteiger partial charge in [0.15, 0.2) is 6.61 Å². The number of nitrogens with zero attached hydrogens (tertiary/aromatic N) is 1. The van der Waals surface area contributed by atoms with Crippen LogP contribution in [-0.2, 0) is 14.3 Å². The van der Waals surface area contributed by atoms with Crippen LogP contribution in [0.15, 0.2) is 48.5 Å². The maximum Gasteiger partial charge on any atom is 0.331 e. The molecule has 140 valence electrons. The molecule has 2 aromatic rings. The van der Waals surface area contributed by atoms with Crippen molar-refractivity contribution in [2.24, 2.45) is 0 Å². The maximum absolute atomic E-state index is 13.0. The van der Waals surface area contributed by atoms with E-state index in [2.05, 4.69) is 5.32 Å². The predicted octanol–water partition coefficient (Wildman–Crippen LogP) is 2.94. The average molecular weight is 374 g/mol. The number of nitro benzene ring substituents is 1. The van der Waals surface area contributed by atoms with Gasteiger partial charge < -0.3 is 14.8 Å². The highest BCUT2D eigenvalue weighted by Crippen LogP contribution is 2.28. The summed E-state index contributed by atoms with van der Waals surface area (Å²) in [5.41, 5.74) is 0.463. The Hall–Kier alpha value is -3.75. The van der Waals surface area contributed by atoms with Crippen LogP contribution in [0, 0.1) is 15.9 Å². The van der Waals surface area contributed by atoms with Gasteiger partial charge in [0.2, 0.25) is 0 Å². The number of nitrogens with one attached hydrogen (secondary N) is 1. The van der Waals surface area contributed by atoms with E-state index in [4.69, 9.17) is 9.47 Å². The van der Waals surface area contributed by atoms with E-state index in [0.717, 1.165) is 12.1 Å². The quantitative estimate of drug-likeness (QED) is 0.345. The number of hydrogen-bond acceptors (Lipinski definition) is 6. The monoisotopic (exact) mass is 374 g/mol. The highest BCUT2D eigenvalue weighted by Gasteiger charge is 2.14. The lowest BCUT2D eigenvalue weighted by molar-refractivity contribution is -0.384. The van der Waals surface area contributed by atoms with Gasteiger partial charge in [0.25, 0.3) is 11.6 Å². The zero-order valence-electron chi connectivity index (χ0n) is 14.2. The Bertz CT molecular complexity index is 897. The van der Waals surface area contributed by atoms with Crippen molar-refractivity contribution in [2.45, 2.75) is 0 Å². The van der Waals surface area contributed by atoms with Gasteiger partial charge in [0.1, 0.15) is 11.6 Å². The first-order valence-corrected chi connectivity index (χ1v) is 7.61. The number of rotatable bonds is 7. The topological polar surface area (TPSA) is 108 Å². The fraction of sp³-hybridized carbons (Fsp3) is 0.111. The van der Waals surface area contributed by atoms with Crippen molar-refractivity contribution >= 4 is 29.3 Å². The second-order valence-electron chi connectivity index (χ2n) is 5.19. The van der Waals surface area contributed by atoms with Gasteiger partial charge in [-0.05, 0) is 29.8 Å². The number of amides is 1. The highest BCUT2D eigenvalue weighted by molar-refractivity contribution is 5.95. The van der Waals surface area contributed by atoms with E-state index in [1.807, 2.05) is 0 Å². The SMILES string of the molecule is COc1cc([N+](=O)[O-])ccc1NC(=O)COC(=O)/C=C/c1cccc(F)c1. The predicted molar refractivity (Wildman–Crippen MR) is 94.7 cm³/mol. The van der Waals surface area contributed by atoms with Crippen LogP contribution < -0.4 is 10.1 Å². The van der Waals surface area contributed by atoms with Crippen molar-refractivity contribution in [1.82, 2.24) is 0 Å². The number of benzene rings is 2. The Morgan fingerprint density at radius 3 is 2.70 bits per heavy atom. The van der Waals surface area contributed by atoms with E-state index < -0.39 is 29.2 Å². The van der Waals surface area contributed by atoms with Gasteiger partial charge in [0, 0.05) is 12.1 Å². The highest BCUT2D eigenvalue weighted by atomic mass is 19.1. The number of halogens is 1. The van der Waals surface area contributed by atoms with Crippen molar-refractivity contribution in [1.29, 1.82) is 0 Å². The van der Waals surface area contributed by atoms with Crippen molar-refractivity contribution in [3.05, 3.63) is 70.0 Å². The van der Waals surface area contributed by atoms with E-state index in [1.54, 1.807) is 6.07 Å². The molecular weight excluding hydrogens is 359 g/mol. The molecule has 0 bridgehead atoms. The smallest absolute Gasteiger partial charge is 0.331 e. The molecule has 0 fully saturated rings. The van der Waals surface area contributed by atoms with Gasteiger partial charge in [-0.15, -0.1) is 0 Å². The van der Waals surface area contributed by atoms with E-state index >= 15 is 0 Å². The summed E-state index contributed by atoms with van der Waals surface area (Å²) < 4.78 is 22.8. The molecule has 2 rings (SSSR count). The molecule has 0 aliphatic rings. The van der Waals surface area contributed by atoms with Gasteiger partial charge >= 0.3 is 5.97 Å². The van der Waals surface area contributed by atoms with Crippen LogP contribution in [0.3, 0.4) is 0 Å². The molecular formula is C18H15FN2O6. The maximum atomic E-state index is 13.0. The van der Waals surface area contributed by atoms with Crippen LogP contribution in [0.1, 0.15) is 5.56 Å². The molecule has 8 nitrogen and oxygen atoms in total. The van der Waals surface area contributed by atoms with E-state index in [-0.39, 0.29) is 17.1 Å². The van der Waals surface area contributed by atoms with Crippen LogP contribution in [-0.4, -0.2) is 30.5 Å². The Morgan fingerprint density at radius 1 is 1.26 bits per heavy atom. The lowest BCUT2D eigenvalue weighted by Gasteiger charge is -2.09. The summed E-state index contributed by atoms with van der Waals surface area (Å²) in [6.07, 6.45) is 2.41. The summed E-state index contributed by atoms with van der Waals surface area (Å²) in [7, 11) is 1.30. The molecule has 0 heterocycles. The number of non-ortho nitro benzene ring substituents is 1. The molecule has 0 saturated carbocycles. The molecule has 0 atom stereocenters. The molecule has 1 N–H and O–H groups in total. The van der Waals surface area contributed by atoms with Crippen LogP contribution >= 0.6 is 0 Å². The molecule has 0 unspecified atom stereocenters. The third kappa shape index (κ3) is 5.92. The van der Waals surface area contributed by atoms with Crippen molar-refractivity contribution in [3.8, 4) is 5.75 Å². The van der Waals surface area contributed by atoms with E-state index in [9.17, 15) is 24.1 Å². The number of carbonyl (C=O) groups is 2. The summed E-state index contributed by atoms with van der Waals surface area (Å²) >= 11 is 0. The molecule has 0 aromatic heterocycles. The van der Waals surface area contributed by atoms with Gasteiger partial charge in [-0.25, -0.2) is 9.18 Å². The van der Waals surface area contributed by atoms with E-state index in [0.29, 0.717) is 5.56 Å². The Morgan fingerprint density at radius 2 is 2.04 bits per heavy atom. The fourth-order valence-electron chi connectivity index (χ4n) is 2.04. The minimum Gasteiger partial charge on any atom is -0.494 e. The molecule has 1 amide bonds. The van der Waals surface area contributed by atoms with Gasteiger partial charge in [-0.3, -0.25) is 14.9 Å². The van der Waals surface area contributed by atoms with Crippen molar-refractivity contribution in [3.63, 3.8) is 0 Å². The largest absolute Gasteiger partial charge is 0.494 e. The number of hydrogen-bond donors (Lipinski definition) is 1. The van der Waals surface area contributed by atoms with Crippen LogP contribution in [0.4, 0.5) is 15.8 Å². The first-order chi connectivity index (χ1) is 12.9. The minimum absolute atomic E-state index is 0.0925. The summed E-state index contributed by atoms with van der Waals surface area (Å²) in [5.74, 6) is -1.79. The summed E-state index contributed by atoms with van der Waals surface area (Å²) in [6.45, 7) is -0.577. The number of anilines is 1. The van der Waals surface area contributed by atoms with Crippen LogP contribution in [0.5, 0.6) is 5.75 Å². The second kappa shape index (κ2) is 9.09. The lowest BCUT2D eigenvalue weighted by Crippen LogP contribution is -2.20. The van der Waals surface area contributed by atoms with Crippen LogP contribution in [0.25, 0.3) is 6.08 Å². The molecule has 9 heteroatoms. The molecule has 0 aliphatic heterocycles. The van der Waals surface area contributed by atoms with Gasteiger partial charge in [-0.1, -0.05) is 12.1 Å².